The number of fused-ring (bicyclic) bond motifs is 1. The van der Waals surface area contributed by atoms with Gasteiger partial charge in [0.25, 0.3) is 0 Å². The molecule has 3 nitrogen and oxygen atoms in total. The zero-order valence-corrected chi connectivity index (χ0v) is 11.2. The van der Waals surface area contributed by atoms with Gasteiger partial charge in [-0.25, -0.2) is 0 Å². The highest BCUT2D eigenvalue weighted by Gasteiger charge is 2.22. The molecule has 4 heteroatoms. The fourth-order valence-corrected chi connectivity index (χ4v) is 2.68. The van der Waals surface area contributed by atoms with E-state index in [1.54, 1.807) is 0 Å². The lowest BCUT2D eigenvalue weighted by atomic mass is 9.98. The number of hydrogen-bond acceptors (Lipinski definition) is 3. The molecule has 0 aliphatic carbocycles. The summed E-state index contributed by atoms with van der Waals surface area (Å²) in [5, 5.41) is 15.5. The van der Waals surface area contributed by atoms with Crippen molar-refractivity contribution >= 4 is 32.4 Å². The van der Waals surface area contributed by atoms with Crippen molar-refractivity contribution < 1.29 is 9.94 Å². The summed E-state index contributed by atoms with van der Waals surface area (Å²) >= 11 is 3.55. The average molecular weight is 306 g/mol. The van der Waals surface area contributed by atoms with Crippen LogP contribution in [0.4, 0.5) is 0 Å². The molecule has 2 aromatic carbocycles. The number of oxime groups is 1. The zero-order chi connectivity index (χ0) is 12.5. The molecule has 1 aliphatic heterocycles. The summed E-state index contributed by atoms with van der Waals surface area (Å²) < 4.78 is 1.07. The molecular weight excluding hydrogens is 294 g/mol. The standard InChI is InChI=1S/C14H12BrNO2/c15-13-6-5-12(10-3-1-2-4-11(10)13)14-7-9(8-17)18-16-14/h1-6,9,17H,7-8H2. The monoisotopic (exact) mass is 305 g/mol. The predicted octanol–water partition coefficient (Wildman–Crippen LogP) is 3.09. The molecule has 1 N–H and O–H groups in total. The summed E-state index contributed by atoms with van der Waals surface area (Å²) in [7, 11) is 0. The van der Waals surface area contributed by atoms with Crippen LogP contribution in [0, 0.1) is 0 Å². The van der Waals surface area contributed by atoms with Crippen molar-refractivity contribution in [3.05, 3.63) is 46.4 Å². The van der Waals surface area contributed by atoms with Gasteiger partial charge in [-0.2, -0.15) is 0 Å². The maximum absolute atomic E-state index is 9.08. The van der Waals surface area contributed by atoms with Gasteiger partial charge in [0.2, 0.25) is 0 Å². The molecule has 0 bridgehead atoms. The van der Waals surface area contributed by atoms with Gasteiger partial charge in [0.05, 0.1) is 12.3 Å². The Hall–Kier alpha value is -1.39. The van der Waals surface area contributed by atoms with E-state index < -0.39 is 0 Å². The number of nitrogens with zero attached hydrogens (tertiary/aromatic N) is 1. The second-order valence-electron chi connectivity index (χ2n) is 4.29. The second kappa shape index (κ2) is 4.71. The summed E-state index contributed by atoms with van der Waals surface area (Å²) in [5.41, 5.74) is 1.97. The van der Waals surface area contributed by atoms with E-state index in [4.69, 9.17) is 9.94 Å². The number of aliphatic hydroxyl groups is 1. The molecule has 0 saturated heterocycles. The van der Waals surface area contributed by atoms with E-state index >= 15 is 0 Å². The molecule has 1 unspecified atom stereocenters. The third kappa shape index (κ3) is 1.91. The molecule has 0 saturated carbocycles. The molecular formula is C14H12BrNO2. The smallest absolute Gasteiger partial charge is 0.156 e. The normalized spacial score (nSPS) is 18.8. The van der Waals surface area contributed by atoms with Crippen LogP contribution >= 0.6 is 15.9 Å². The van der Waals surface area contributed by atoms with Crippen molar-refractivity contribution in [1.82, 2.24) is 0 Å². The van der Waals surface area contributed by atoms with Gasteiger partial charge in [-0.05, 0) is 16.8 Å². The van der Waals surface area contributed by atoms with E-state index in [0.29, 0.717) is 6.42 Å². The van der Waals surface area contributed by atoms with Crippen molar-refractivity contribution in [2.45, 2.75) is 12.5 Å². The van der Waals surface area contributed by atoms with Crippen LogP contribution in [0.1, 0.15) is 12.0 Å². The van der Waals surface area contributed by atoms with Crippen LogP contribution in [0.3, 0.4) is 0 Å². The van der Waals surface area contributed by atoms with Crippen molar-refractivity contribution in [2.24, 2.45) is 5.16 Å². The summed E-state index contributed by atoms with van der Waals surface area (Å²) in [6.45, 7) is 0.00145. The first-order valence-corrected chi connectivity index (χ1v) is 6.60. The van der Waals surface area contributed by atoms with Gasteiger partial charge in [-0.3, -0.25) is 0 Å². The highest BCUT2D eigenvalue weighted by molar-refractivity contribution is 9.10. The summed E-state index contributed by atoms with van der Waals surface area (Å²) in [5.74, 6) is 0. The Morgan fingerprint density at radius 2 is 2.00 bits per heavy atom. The lowest BCUT2D eigenvalue weighted by molar-refractivity contribution is 0.0390. The lowest BCUT2D eigenvalue weighted by Gasteiger charge is -2.07. The van der Waals surface area contributed by atoms with Crippen LogP contribution < -0.4 is 0 Å². The third-order valence-electron chi connectivity index (χ3n) is 3.12. The maximum atomic E-state index is 9.08. The number of rotatable bonds is 2. The Bertz CT molecular complexity index is 624. The van der Waals surface area contributed by atoms with Crippen LogP contribution in [0.5, 0.6) is 0 Å². The zero-order valence-electron chi connectivity index (χ0n) is 9.64. The minimum atomic E-state index is -0.206. The highest BCUT2D eigenvalue weighted by Crippen LogP contribution is 2.29. The van der Waals surface area contributed by atoms with Gasteiger partial charge in [-0.15, -0.1) is 0 Å². The van der Waals surface area contributed by atoms with Crippen LogP contribution in [0.15, 0.2) is 46.0 Å². The van der Waals surface area contributed by atoms with E-state index in [0.717, 1.165) is 26.5 Å². The topological polar surface area (TPSA) is 41.8 Å². The highest BCUT2D eigenvalue weighted by atomic mass is 79.9. The second-order valence-corrected chi connectivity index (χ2v) is 5.15. The van der Waals surface area contributed by atoms with Crippen LogP contribution in [-0.4, -0.2) is 23.5 Å². The average Bonchev–Trinajstić information content (AvgIpc) is 2.88. The Labute approximate surface area is 113 Å². The Balaban J connectivity index is 2.11. The van der Waals surface area contributed by atoms with Gasteiger partial charge >= 0.3 is 0 Å². The number of hydrogen-bond donors (Lipinski definition) is 1. The molecule has 0 radical (unpaired) electrons. The van der Waals surface area contributed by atoms with E-state index in [1.165, 1.54) is 0 Å². The summed E-state index contributed by atoms with van der Waals surface area (Å²) in [6.07, 6.45) is 0.449. The van der Waals surface area contributed by atoms with Gasteiger partial charge in [0, 0.05) is 16.5 Å². The molecule has 0 amide bonds. The molecule has 3 rings (SSSR count). The van der Waals surface area contributed by atoms with E-state index in [9.17, 15) is 0 Å². The molecule has 1 heterocycles. The van der Waals surface area contributed by atoms with Crippen molar-refractivity contribution in [1.29, 1.82) is 0 Å². The fraction of sp³-hybridized carbons (Fsp3) is 0.214. The Kier molecular flexibility index (Phi) is 3.06. The third-order valence-corrected chi connectivity index (χ3v) is 3.81. The minimum absolute atomic E-state index is 0.00145. The predicted molar refractivity (Wildman–Crippen MR) is 74.8 cm³/mol. The van der Waals surface area contributed by atoms with Crippen LogP contribution in [-0.2, 0) is 4.84 Å². The number of benzene rings is 2. The quantitative estimate of drug-likeness (QED) is 0.926. The molecule has 92 valence electrons. The van der Waals surface area contributed by atoms with Crippen molar-refractivity contribution in [3.63, 3.8) is 0 Å². The fourth-order valence-electron chi connectivity index (χ4n) is 2.20. The van der Waals surface area contributed by atoms with E-state index in [1.807, 2.05) is 24.3 Å². The lowest BCUT2D eigenvalue weighted by Crippen LogP contribution is -2.12. The molecule has 0 fully saturated rings. The first-order valence-electron chi connectivity index (χ1n) is 5.81. The van der Waals surface area contributed by atoms with Gasteiger partial charge in [0.1, 0.15) is 0 Å². The molecule has 0 spiro atoms. The van der Waals surface area contributed by atoms with Crippen LogP contribution in [0.25, 0.3) is 10.8 Å². The Morgan fingerprint density at radius 3 is 2.72 bits per heavy atom. The van der Waals surface area contributed by atoms with Gasteiger partial charge in [-0.1, -0.05) is 51.4 Å². The van der Waals surface area contributed by atoms with Crippen molar-refractivity contribution in [2.75, 3.05) is 6.61 Å². The molecule has 18 heavy (non-hydrogen) atoms. The molecule has 1 aliphatic rings. The van der Waals surface area contributed by atoms with Crippen LogP contribution in [0.2, 0.25) is 0 Å². The first-order chi connectivity index (χ1) is 8.79. The Morgan fingerprint density at radius 1 is 1.22 bits per heavy atom. The summed E-state index contributed by atoms with van der Waals surface area (Å²) in [4.78, 5) is 5.17. The number of halogens is 1. The molecule has 2 aromatic rings. The maximum Gasteiger partial charge on any atom is 0.156 e. The minimum Gasteiger partial charge on any atom is -0.392 e. The van der Waals surface area contributed by atoms with E-state index in [-0.39, 0.29) is 12.7 Å². The number of aliphatic hydroxyl groups excluding tert-OH is 1. The molecule has 1 atom stereocenters. The largest absolute Gasteiger partial charge is 0.392 e. The molecule has 0 aromatic heterocycles. The first kappa shape index (κ1) is 11.7. The van der Waals surface area contributed by atoms with Crippen molar-refractivity contribution in [3.8, 4) is 0 Å². The van der Waals surface area contributed by atoms with Gasteiger partial charge in [0.15, 0.2) is 6.10 Å². The van der Waals surface area contributed by atoms with Gasteiger partial charge < -0.3 is 9.94 Å². The SMILES string of the molecule is OCC1CC(c2ccc(Br)c3ccccc23)=NO1. The van der Waals surface area contributed by atoms with E-state index in [2.05, 4.69) is 33.2 Å². The summed E-state index contributed by atoms with van der Waals surface area (Å²) in [6, 6.07) is 12.2.